The molecule has 1 atom stereocenters. The number of hydrogen-bond donors (Lipinski definition) is 1. The molecule has 0 amide bonds. The van der Waals surface area contributed by atoms with E-state index in [1.54, 1.807) is 0 Å². The lowest BCUT2D eigenvalue weighted by atomic mass is 9.99. The number of benzene rings is 8. The third-order valence-corrected chi connectivity index (χ3v) is 10.7. The van der Waals surface area contributed by atoms with Gasteiger partial charge in [-0.25, -0.2) is 9.98 Å². The maximum atomic E-state index is 6.29. The van der Waals surface area contributed by atoms with E-state index in [0.717, 1.165) is 66.8 Å². The molecule has 0 fully saturated rings. The molecule has 0 aliphatic carbocycles. The van der Waals surface area contributed by atoms with Gasteiger partial charge in [0.2, 0.25) is 0 Å². The fraction of sp³-hybridized carbons (Fsp3) is 0.0204. The van der Waals surface area contributed by atoms with Crippen LogP contribution in [0.25, 0.3) is 71.3 Å². The van der Waals surface area contributed by atoms with Crippen molar-refractivity contribution in [3.8, 4) is 16.8 Å². The lowest BCUT2D eigenvalue weighted by molar-refractivity contribution is 0.669. The van der Waals surface area contributed by atoms with Gasteiger partial charge in [0, 0.05) is 43.6 Å². The number of rotatable bonds is 5. The Balaban J connectivity index is 1.13. The summed E-state index contributed by atoms with van der Waals surface area (Å²) in [7, 11) is 0. The summed E-state index contributed by atoms with van der Waals surface area (Å²) in [5.74, 6) is 1.54. The second-order valence-corrected chi connectivity index (χ2v) is 13.8. The van der Waals surface area contributed by atoms with Crippen molar-refractivity contribution in [1.29, 1.82) is 0 Å². The van der Waals surface area contributed by atoms with Crippen molar-refractivity contribution < 1.29 is 4.42 Å². The molecule has 5 nitrogen and oxygen atoms in total. The minimum Gasteiger partial charge on any atom is -0.456 e. The highest BCUT2D eigenvalue weighted by atomic mass is 16.3. The SMILES string of the molecule is c1ccc(C2=NC(c3ccc(-n4c5ccccc5c5ccc(-c6ccccc6)cc54)c4ccccc34)N=C(c3cccc4oc5ccccc5c34)N2)cc1. The summed E-state index contributed by atoms with van der Waals surface area (Å²) in [6.45, 7) is 0. The van der Waals surface area contributed by atoms with E-state index < -0.39 is 6.17 Å². The van der Waals surface area contributed by atoms with Crippen LogP contribution >= 0.6 is 0 Å². The lowest BCUT2D eigenvalue weighted by Gasteiger charge is -2.24. The summed E-state index contributed by atoms with van der Waals surface area (Å²) < 4.78 is 8.71. The molecular formula is C49H32N4O. The number of fused-ring (bicyclic) bond motifs is 7. The van der Waals surface area contributed by atoms with Gasteiger partial charge in [0.05, 0.1) is 16.7 Å². The van der Waals surface area contributed by atoms with Crippen LogP contribution in [0.2, 0.25) is 0 Å². The van der Waals surface area contributed by atoms with Gasteiger partial charge in [-0.2, -0.15) is 0 Å². The largest absolute Gasteiger partial charge is 0.456 e. The number of furan rings is 1. The molecule has 1 unspecified atom stereocenters. The van der Waals surface area contributed by atoms with Gasteiger partial charge in [-0.05, 0) is 46.8 Å². The molecule has 11 rings (SSSR count). The number of para-hydroxylation sites is 2. The monoisotopic (exact) mass is 692 g/mol. The van der Waals surface area contributed by atoms with E-state index in [9.17, 15) is 0 Å². The summed E-state index contributed by atoms with van der Waals surface area (Å²) in [6.07, 6.45) is -0.494. The molecule has 3 heterocycles. The summed E-state index contributed by atoms with van der Waals surface area (Å²) in [4.78, 5) is 10.7. The highest BCUT2D eigenvalue weighted by Gasteiger charge is 2.25. The Labute approximate surface area is 311 Å². The van der Waals surface area contributed by atoms with E-state index in [4.69, 9.17) is 14.4 Å². The molecule has 10 aromatic rings. The molecule has 0 radical (unpaired) electrons. The van der Waals surface area contributed by atoms with Gasteiger partial charge in [-0.3, -0.25) is 0 Å². The topological polar surface area (TPSA) is 54.8 Å². The first kappa shape index (κ1) is 30.4. The van der Waals surface area contributed by atoms with Crippen LogP contribution in [0.4, 0.5) is 0 Å². The van der Waals surface area contributed by atoms with Crippen LogP contribution in [0, 0.1) is 0 Å². The van der Waals surface area contributed by atoms with Crippen molar-refractivity contribution in [2.45, 2.75) is 6.17 Å². The van der Waals surface area contributed by atoms with E-state index in [0.29, 0.717) is 0 Å². The molecule has 0 saturated carbocycles. The Hall–Kier alpha value is -7.24. The normalized spacial score (nSPS) is 14.5. The minimum atomic E-state index is -0.494. The number of nitrogens with one attached hydrogen (secondary N) is 1. The molecule has 0 saturated heterocycles. The van der Waals surface area contributed by atoms with Gasteiger partial charge in [0.25, 0.3) is 0 Å². The predicted octanol–water partition coefficient (Wildman–Crippen LogP) is 12.0. The Morgan fingerprint density at radius 3 is 1.93 bits per heavy atom. The maximum Gasteiger partial charge on any atom is 0.170 e. The number of nitrogens with zero attached hydrogens (tertiary/aromatic N) is 3. The first-order valence-electron chi connectivity index (χ1n) is 18.3. The molecule has 0 bridgehead atoms. The van der Waals surface area contributed by atoms with Crippen LogP contribution in [0.5, 0.6) is 0 Å². The Morgan fingerprint density at radius 1 is 0.444 bits per heavy atom. The van der Waals surface area contributed by atoms with E-state index in [1.807, 2.05) is 42.5 Å². The first-order valence-corrected chi connectivity index (χ1v) is 18.3. The molecule has 1 aliphatic heterocycles. The summed E-state index contributed by atoms with van der Waals surface area (Å²) in [6, 6.07) is 63.9. The first-order chi connectivity index (χ1) is 26.8. The van der Waals surface area contributed by atoms with Gasteiger partial charge in [0.15, 0.2) is 6.17 Å². The van der Waals surface area contributed by atoms with Crippen molar-refractivity contribution in [2.24, 2.45) is 9.98 Å². The summed E-state index contributed by atoms with van der Waals surface area (Å²) >= 11 is 0. The average molecular weight is 693 g/mol. The molecular weight excluding hydrogens is 661 g/mol. The van der Waals surface area contributed by atoms with Crippen LogP contribution in [-0.2, 0) is 0 Å². The van der Waals surface area contributed by atoms with E-state index in [2.05, 4.69) is 149 Å². The number of hydrogen-bond acceptors (Lipinski definition) is 4. The van der Waals surface area contributed by atoms with E-state index in [-0.39, 0.29) is 0 Å². The highest BCUT2D eigenvalue weighted by molar-refractivity contribution is 6.23. The van der Waals surface area contributed by atoms with E-state index >= 15 is 0 Å². The standard InChI is InChI=1S/C49H32N4O/c1-3-14-31(15-4-1)33-26-27-37-36-20-9-11-23-41(36)53(43(37)30-33)42-29-28-38(34-18-7-8-19-35(34)42)48-50-47(32-16-5-2-6-17-32)51-49(52-48)40-22-13-25-45-46(40)39-21-10-12-24-44(39)54-45/h1-30,48H,(H,50,51,52). The summed E-state index contributed by atoms with van der Waals surface area (Å²) in [5, 5.41) is 10.4. The van der Waals surface area contributed by atoms with Crippen LogP contribution in [0.3, 0.4) is 0 Å². The molecule has 1 aliphatic rings. The smallest absolute Gasteiger partial charge is 0.170 e. The van der Waals surface area contributed by atoms with Crippen molar-refractivity contribution in [3.05, 3.63) is 199 Å². The number of amidine groups is 2. The fourth-order valence-electron chi connectivity index (χ4n) is 8.21. The van der Waals surface area contributed by atoms with Crippen LogP contribution in [0.15, 0.2) is 196 Å². The van der Waals surface area contributed by atoms with Gasteiger partial charge in [-0.15, -0.1) is 0 Å². The zero-order valence-electron chi connectivity index (χ0n) is 29.1. The Bertz CT molecular complexity index is 3140. The second kappa shape index (κ2) is 12.2. The second-order valence-electron chi connectivity index (χ2n) is 13.8. The number of aliphatic imine (C=N–C) groups is 2. The fourth-order valence-corrected chi connectivity index (χ4v) is 8.21. The quantitative estimate of drug-likeness (QED) is 0.195. The van der Waals surface area contributed by atoms with Crippen molar-refractivity contribution in [1.82, 2.24) is 9.88 Å². The van der Waals surface area contributed by atoms with Gasteiger partial charge >= 0.3 is 0 Å². The third kappa shape index (κ3) is 4.79. The zero-order valence-corrected chi connectivity index (χ0v) is 29.1. The van der Waals surface area contributed by atoms with Crippen molar-refractivity contribution >= 4 is 66.2 Å². The Morgan fingerprint density at radius 2 is 1.09 bits per heavy atom. The predicted molar refractivity (Wildman–Crippen MR) is 223 cm³/mol. The van der Waals surface area contributed by atoms with Crippen molar-refractivity contribution in [3.63, 3.8) is 0 Å². The minimum absolute atomic E-state index is 0.494. The summed E-state index contributed by atoms with van der Waals surface area (Å²) in [5.41, 5.74) is 10.5. The van der Waals surface area contributed by atoms with Crippen LogP contribution in [0.1, 0.15) is 22.9 Å². The molecule has 54 heavy (non-hydrogen) atoms. The van der Waals surface area contributed by atoms with Crippen LogP contribution < -0.4 is 5.32 Å². The maximum absolute atomic E-state index is 6.29. The molecule has 254 valence electrons. The number of aromatic nitrogens is 1. The molecule has 1 N–H and O–H groups in total. The average Bonchev–Trinajstić information content (AvgIpc) is 3.79. The Kier molecular flexibility index (Phi) is 6.85. The molecule has 2 aromatic heterocycles. The molecule has 0 spiro atoms. The van der Waals surface area contributed by atoms with E-state index in [1.165, 1.54) is 32.9 Å². The molecule has 8 aromatic carbocycles. The third-order valence-electron chi connectivity index (χ3n) is 10.7. The van der Waals surface area contributed by atoms with Gasteiger partial charge < -0.3 is 14.3 Å². The van der Waals surface area contributed by atoms with Gasteiger partial charge in [-0.1, -0.05) is 152 Å². The van der Waals surface area contributed by atoms with Gasteiger partial charge in [0.1, 0.15) is 22.8 Å². The molecule has 5 heteroatoms. The zero-order chi connectivity index (χ0) is 35.6. The highest BCUT2D eigenvalue weighted by Crippen LogP contribution is 2.40. The van der Waals surface area contributed by atoms with Crippen LogP contribution in [-0.4, -0.2) is 16.2 Å². The lowest BCUT2D eigenvalue weighted by Crippen LogP contribution is -2.36. The van der Waals surface area contributed by atoms with Crippen molar-refractivity contribution in [2.75, 3.05) is 0 Å².